The van der Waals surface area contributed by atoms with Crippen LogP contribution in [0.15, 0.2) is 72.8 Å². The highest BCUT2D eigenvalue weighted by Gasteiger charge is 2.52. The van der Waals surface area contributed by atoms with E-state index in [0.717, 1.165) is 22.5 Å². The molecule has 0 radical (unpaired) electrons. The molecule has 1 fully saturated rings. The number of phenols is 1. The Morgan fingerprint density at radius 1 is 0.940 bits per heavy atom. The number of hydrazine groups is 1. The van der Waals surface area contributed by atoms with E-state index in [1.54, 1.807) is 73.1 Å². The Labute approximate surface area is 284 Å². The summed E-state index contributed by atoms with van der Waals surface area (Å²) in [5.41, 5.74) is 13.9. The molecule has 3 amide bonds. The van der Waals surface area contributed by atoms with E-state index in [0.29, 0.717) is 17.0 Å². The first-order valence-corrected chi connectivity index (χ1v) is 15.4. The molecule has 16 heteroatoms. The Morgan fingerprint density at radius 2 is 1.66 bits per heavy atom. The van der Waals surface area contributed by atoms with Gasteiger partial charge in [-0.15, -0.1) is 5.53 Å². The van der Waals surface area contributed by atoms with E-state index in [1.807, 2.05) is 0 Å². The minimum absolute atomic E-state index is 0.0202. The van der Waals surface area contributed by atoms with E-state index in [2.05, 4.69) is 10.9 Å². The van der Waals surface area contributed by atoms with Gasteiger partial charge in [-0.25, -0.2) is 20.4 Å². The van der Waals surface area contributed by atoms with Crippen LogP contribution >= 0.6 is 0 Å². The van der Waals surface area contributed by atoms with Gasteiger partial charge in [-0.2, -0.15) is 5.01 Å². The van der Waals surface area contributed by atoms with Crippen molar-refractivity contribution in [3.05, 3.63) is 83.9 Å². The molecule has 1 unspecified atom stereocenters. The number of hydrogen-bond acceptors (Lipinski definition) is 13. The van der Waals surface area contributed by atoms with Crippen molar-refractivity contribution in [3.63, 3.8) is 0 Å². The summed E-state index contributed by atoms with van der Waals surface area (Å²) in [5.74, 6) is -2.85. The lowest BCUT2D eigenvalue weighted by molar-refractivity contribution is -0.588. The van der Waals surface area contributed by atoms with Crippen LogP contribution in [0.25, 0.3) is 10.8 Å². The van der Waals surface area contributed by atoms with Crippen LogP contribution in [0.3, 0.4) is 0 Å². The summed E-state index contributed by atoms with van der Waals surface area (Å²) in [5, 5.41) is 13.2. The third-order valence-electron chi connectivity index (χ3n) is 8.09. The average molecular weight is 686 g/mol. The topological polar surface area (TPSA) is 216 Å². The van der Waals surface area contributed by atoms with Crippen molar-refractivity contribution < 1.29 is 53.6 Å². The number of nitrogen functional groups attached to an aromatic ring is 2. The lowest BCUT2D eigenvalue weighted by atomic mass is 9.92. The molecule has 4 aromatic carbocycles. The van der Waals surface area contributed by atoms with Crippen molar-refractivity contribution in [2.45, 2.75) is 13.8 Å². The van der Waals surface area contributed by atoms with Gasteiger partial charge >= 0.3 is 18.0 Å². The van der Waals surface area contributed by atoms with Crippen molar-refractivity contribution in [2.75, 3.05) is 42.2 Å². The van der Waals surface area contributed by atoms with E-state index in [-0.39, 0.29) is 54.2 Å². The van der Waals surface area contributed by atoms with Crippen molar-refractivity contribution in [1.29, 1.82) is 0 Å². The SMILES string of the molecule is CC(=O)OCC1(C)CN(c2ccc(OCCOC(=O)c3ccc4c(c3)N[NH2+]N4)cc2)N(C(=O)Oc2cc(C(N)=O)c(O)c3ccccc23)C1=O. The van der Waals surface area contributed by atoms with Gasteiger partial charge in [0.2, 0.25) is 0 Å². The number of rotatable bonds is 10. The molecule has 4 aromatic rings. The Kier molecular flexibility index (Phi) is 9.02. The lowest BCUT2D eigenvalue weighted by Crippen LogP contribution is -2.89. The molecule has 0 saturated carbocycles. The molecule has 2 heterocycles. The number of amides is 3. The number of esters is 2. The highest BCUT2D eigenvalue weighted by Crippen LogP contribution is 2.39. The molecule has 0 bridgehead atoms. The number of carbonyl (C=O) groups excluding carboxylic acids is 5. The molecular weight excluding hydrogens is 652 g/mol. The quantitative estimate of drug-likeness (QED) is 0.0922. The van der Waals surface area contributed by atoms with E-state index in [4.69, 9.17) is 24.7 Å². The second-order valence-corrected chi connectivity index (χ2v) is 11.7. The average Bonchev–Trinajstić information content (AvgIpc) is 3.68. The van der Waals surface area contributed by atoms with Crippen LogP contribution in [-0.2, 0) is 19.1 Å². The van der Waals surface area contributed by atoms with Crippen molar-refractivity contribution in [2.24, 2.45) is 11.1 Å². The first-order valence-electron chi connectivity index (χ1n) is 15.4. The fraction of sp³-hybridized carbons (Fsp3) is 0.206. The summed E-state index contributed by atoms with van der Waals surface area (Å²) in [7, 11) is 0. The molecule has 0 aromatic heterocycles. The van der Waals surface area contributed by atoms with Crippen LogP contribution in [-0.4, -0.2) is 66.3 Å². The number of hydrogen-bond donors (Lipinski definition) is 5. The number of nitrogens with two attached hydrogens (primary N) is 2. The van der Waals surface area contributed by atoms with Gasteiger partial charge in [0.15, 0.2) is 0 Å². The van der Waals surface area contributed by atoms with Crippen molar-refractivity contribution in [1.82, 2.24) is 5.01 Å². The zero-order valence-corrected chi connectivity index (χ0v) is 26.9. The monoisotopic (exact) mass is 685 g/mol. The van der Waals surface area contributed by atoms with E-state index < -0.39 is 35.3 Å². The van der Waals surface area contributed by atoms with Gasteiger partial charge in [0.1, 0.15) is 53.9 Å². The van der Waals surface area contributed by atoms with Gasteiger partial charge in [0.05, 0.1) is 23.4 Å². The number of benzene rings is 4. The van der Waals surface area contributed by atoms with Gasteiger partial charge in [-0.3, -0.25) is 19.4 Å². The van der Waals surface area contributed by atoms with Crippen LogP contribution < -0.4 is 36.6 Å². The molecule has 16 nitrogen and oxygen atoms in total. The molecule has 258 valence electrons. The molecule has 50 heavy (non-hydrogen) atoms. The van der Waals surface area contributed by atoms with Crippen LogP contribution in [0, 0.1) is 5.41 Å². The van der Waals surface area contributed by atoms with Crippen LogP contribution in [0.1, 0.15) is 34.6 Å². The van der Waals surface area contributed by atoms with Crippen LogP contribution in [0.2, 0.25) is 0 Å². The number of nitrogens with zero attached hydrogens (tertiary/aromatic N) is 2. The molecule has 2 aliphatic rings. The number of ether oxygens (including phenoxy) is 4. The maximum absolute atomic E-state index is 13.8. The molecule has 1 saturated heterocycles. The summed E-state index contributed by atoms with van der Waals surface area (Å²) in [4.78, 5) is 63.8. The minimum Gasteiger partial charge on any atom is -0.506 e. The van der Waals surface area contributed by atoms with E-state index in [1.165, 1.54) is 18.0 Å². The highest BCUT2D eigenvalue weighted by atomic mass is 16.6. The molecule has 6 rings (SSSR count). The number of fused-ring (bicyclic) bond motifs is 2. The number of nitrogens with one attached hydrogen (secondary N) is 2. The molecule has 0 aliphatic carbocycles. The van der Waals surface area contributed by atoms with Gasteiger partial charge in [-0.05, 0) is 55.5 Å². The number of anilines is 3. The van der Waals surface area contributed by atoms with Crippen LogP contribution in [0.4, 0.5) is 21.9 Å². The largest absolute Gasteiger partial charge is 0.506 e. The summed E-state index contributed by atoms with van der Waals surface area (Å²) in [6.07, 6.45) is -1.12. The Morgan fingerprint density at radius 3 is 2.38 bits per heavy atom. The normalized spacial score (nSPS) is 16.3. The van der Waals surface area contributed by atoms with Crippen molar-refractivity contribution >= 4 is 57.7 Å². The summed E-state index contributed by atoms with van der Waals surface area (Å²) in [6.45, 7) is 2.41. The Balaban J connectivity index is 1.17. The molecule has 0 spiro atoms. The molecule has 2 aliphatic heterocycles. The number of primary amides is 1. The number of aromatic hydroxyl groups is 1. The number of imide groups is 1. The van der Waals surface area contributed by atoms with Gasteiger partial charge in [0, 0.05) is 17.7 Å². The lowest BCUT2D eigenvalue weighted by Gasteiger charge is -2.27. The first kappa shape index (κ1) is 33.4. The Bertz CT molecular complexity index is 2020. The molecular formula is C34H33N6O10+. The maximum atomic E-state index is 13.8. The van der Waals surface area contributed by atoms with E-state index in [9.17, 15) is 29.1 Å². The summed E-state index contributed by atoms with van der Waals surface area (Å²) in [6, 6.07) is 19.0. The Hall–Kier alpha value is -6.55. The third-order valence-corrected chi connectivity index (χ3v) is 8.09. The summed E-state index contributed by atoms with van der Waals surface area (Å²) < 4.78 is 21.9. The van der Waals surface area contributed by atoms with Crippen molar-refractivity contribution in [3.8, 4) is 17.2 Å². The zero-order valence-electron chi connectivity index (χ0n) is 26.9. The smallest absolute Gasteiger partial charge is 0.441 e. The minimum atomic E-state index is -1.34. The van der Waals surface area contributed by atoms with E-state index >= 15 is 0 Å². The van der Waals surface area contributed by atoms with Crippen LogP contribution in [0.5, 0.6) is 17.2 Å². The number of quaternary nitrogens is 1. The second-order valence-electron chi connectivity index (χ2n) is 11.7. The number of carbonyl (C=O) groups is 5. The fourth-order valence-electron chi connectivity index (χ4n) is 5.53. The molecule has 1 atom stereocenters. The van der Waals surface area contributed by atoms with Gasteiger partial charge in [-0.1, -0.05) is 24.3 Å². The standard InChI is InChI=1S/C34H32N6O10/c1-19(41)49-18-34(2)17-39(40(32(34)45)33(46)50-28-16-25(30(35)43)29(42)24-6-4-3-5-23(24)28)21-8-10-22(11-9-21)47-13-14-48-31(44)20-7-12-26-27(15-20)37-38-36-26/h3-12,15-16,36-38,42H,13-14,17-18H2,1-2H3,(H2,35,43)/p+1. The maximum Gasteiger partial charge on any atom is 0.441 e. The highest BCUT2D eigenvalue weighted by molar-refractivity contribution is 6.07. The van der Waals surface area contributed by atoms with Gasteiger partial charge in [0.25, 0.3) is 11.8 Å². The van der Waals surface area contributed by atoms with Gasteiger partial charge < -0.3 is 29.8 Å². The fourth-order valence-corrected chi connectivity index (χ4v) is 5.53. The molecule has 7 N–H and O–H groups in total. The predicted molar refractivity (Wildman–Crippen MR) is 177 cm³/mol. The predicted octanol–water partition coefficient (Wildman–Crippen LogP) is 2.44. The zero-order chi connectivity index (χ0) is 35.6. The second kappa shape index (κ2) is 13.5. The third kappa shape index (κ3) is 6.59. The first-order chi connectivity index (χ1) is 23.9. The summed E-state index contributed by atoms with van der Waals surface area (Å²) >= 11 is 0.